The van der Waals surface area contributed by atoms with E-state index in [1.165, 1.54) is 10.9 Å². The second kappa shape index (κ2) is 7.93. The first kappa shape index (κ1) is 20.0. The van der Waals surface area contributed by atoms with Crippen LogP contribution in [0.5, 0.6) is 0 Å². The van der Waals surface area contributed by atoms with E-state index < -0.39 is 8.07 Å². The van der Waals surface area contributed by atoms with E-state index >= 15 is 0 Å². The first-order chi connectivity index (χ1) is 11.0. The maximum atomic E-state index is 5.80. The molecule has 0 bridgehead atoms. The molecule has 0 saturated heterocycles. The van der Waals surface area contributed by atoms with Crippen LogP contribution in [0.3, 0.4) is 0 Å². The summed E-state index contributed by atoms with van der Waals surface area (Å²) in [5, 5.41) is 5.80. The number of nitrogens with zero attached hydrogens (tertiary/aromatic N) is 2. The summed E-state index contributed by atoms with van der Waals surface area (Å²) < 4.78 is 8.76. The van der Waals surface area contributed by atoms with E-state index in [1.807, 2.05) is 16.4 Å². The molecule has 2 rings (SSSR count). The molecule has 0 N–H and O–H groups in total. The Morgan fingerprint density at radius 3 is 2.58 bits per heavy atom. The smallest absolute Gasteiger partial charge is 0.139 e. The standard InChI is InChI=1S/C18H29BrN2OSSi/c1-18(2,3)12-23-15-9-14-11-21(20-17(14)16(19)10-15)13-22-7-8-24(4,5)6/h9-11H,7-8,12-13H2,1-6H3. The summed E-state index contributed by atoms with van der Waals surface area (Å²) in [5.41, 5.74) is 1.32. The molecule has 0 aliphatic heterocycles. The van der Waals surface area contributed by atoms with E-state index in [0.717, 1.165) is 27.7 Å². The molecule has 2 aromatic rings. The maximum absolute atomic E-state index is 5.80. The molecule has 0 atom stereocenters. The van der Waals surface area contributed by atoms with E-state index in [0.29, 0.717) is 12.1 Å². The number of rotatable bonds is 7. The van der Waals surface area contributed by atoms with E-state index in [-0.39, 0.29) is 0 Å². The lowest BCUT2D eigenvalue weighted by molar-refractivity contribution is 0.0791. The Labute approximate surface area is 159 Å². The predicted octanol–water partition coefficient (Wildman–Crippen LogP) is 6.25. The van der Waals surface area contributed by atoms with Crippen LogP contribution < -0.4 is 0 Å². The van der Waals surface area contributed by atoms with Crippen molar-refractivity contribution in [1.29, 1.82) is 0 Å². The summed E-state index contributed by atoms with van der Waals surface area (Å²) in [6, 6.07) is 5.58. The molecule has 134 valence electrons. The summed E-state index contributed by atoms with van der Waals surface area (Å²) in [4.78, 5) is 1.28. The fourth-order valence-electron chi connectivity index (χ4n) is 2.10. The zero-order chi connectivity index (χ0) is 18.0. The number of ether oxygens (including phenoxy) is 1. The quantitative estimate of drug-likeness (QED) is 0.296. The van der Waals surface area contributed by atoms with Gasteiger partial charge in [0.05, 0.1) is 0 Å². The third kappa shape index (κ3) is 6.54. The lowest BCUT2D eigenvalue weighted by atomic mass is 10.0. The fraction of sp³-hybridized carbons (Fsp3) is 0.611. The highest BCUT2D eigenvalue weighted by Crippen LogP contribution is 2.33. The van der Waals surface area contributed by atoms with Crippen molar-refractivity contribution < 1.29 is 4.74 Å². The van der Waals surface area contributed by atoms with Crippen molar-refractivity contribution in [2.24, 2.45) is 5.41 Å². The largest absolute Gasteiger partial charge is 0.360 e. The molecule has 0 saturated carbocycles. The van der Waals surface area contributed by atoms with Crippen LogP contribution in [0.25, 0.3) is 10.9 Å². The van der Waals surface area contributed by atoms with Gasteiger partial charge in [-0.1, -0.05) is 40.4 Å². The number of hydrogen-bond donors (Lipinski definition) is 0. The van der Waals surface area contributed by atoms with Gasteiger partial charge in [-0.2, -0.15) is 5.10 Å². The third-order valence-electron chi connectivity index (χ3n) is 3.47. The molecular formula is C18H29BrN2OSSi. The highest BCUT2D eigenvalue weighted by atomic mass is 79.9. The van der Waals surface area contributed by atoms with Crippen molar-refractivity contribution >= 4 is 46.7 Å². The molecule has 24 heavy (non-hydrogen) atoms. The summed E-state index contributed by atoms with van der Waals surface area (Å²) in [6.45, 7) is 15.2. The van der Waals surface area contributed by atoms with Gasteiger partial charge in [-0.15, -0.1) is 11.8 Å². The molecule has 6 heteroatoms. The van der Waals surface area contributed by atoms with Gasteiger partial charge in [0, 0.05) is 41.4 Å². The molecule has 3 nitrogen and oxygen atoms in total. The van der Waals surface area contributed by atoms with Crippen LogP contribution in [0.1, 0.15) is 20.8 Å². The molecule has 1 aromatic heterocycles. The predicted molar refractivity (Wildman–Crippen MR) is 112 cm³/mol. The first-order valence-corrected chi connectivity index (χ1v) is 13.9. The first-order valence-electron chi connectivity index (χ1n) is 8.41. The number of benzene rings is 1. The van der Waals surface area contributed by atoms with Gasteiger partial charge in [-0.05, 0) is 39.5 Å². The van der Waals surface area contributed by atoms with Crippen LogP contribution in [0.2, 0.25) is 25.7 Å². The van der Waals surface area contributed by atoms with Crippen LogP contribution in [0, 0.1) is 5.41 Å². The van der Waals surface area contributed by atoms with Gasteiger partial charge in [0.25, 0.3) is 0 Å². The van der Waals surface area contributed by atoms with Crippen LogP contribution in [0.4, 0.5) is 0 Å². The molecule has 0 aliphatic rings. The lowest BCUT2D eigenvalue weighted by Gasteiger charge is -2.17. The Kier molecular flexibility index (Phi) is 6.62. The number of hydrogen-bond acceptors (Lipinski definition) is 3. The summed E-state index contributed by atoms with van der Waals surface area (Å²) >= 11 is 5.56. The van der Waals surface area contributed by atoms with Gasteiger partial charge in [0.1, 0.15) is 12.2 Å². The highest BCUT2D eigenvalue weighted by Gasteiger charge is 2.14. The molecule has 0 amide bonds. The molecule has 0 spiro atoms. The molecule has 0 aliphatic carbocycles. The molecule has 1 heterocycles. The zero-order valence-corrected chi connectivity index (χ0v) is 19.1. The monoisotopic (exact) mass is 428 g/mol. The van der Waals surface area contributed by atoms with E-state index in [4.69, 9.17) is 4.74 Å². The van der Waals surface area contributed by atoms with Gasteiger partial charge < -0.3 is 4.74 Å². The molecule has 0 unspecified atom stereocenters. The minimum atomic E-state index is -1.03. The minimum Gasteiger partial charge on any atom is -0.360 e. The van der Waals surface area contributed by atoms with Crippen LogP contribution in [-0.2, 0) is 11.5 Å². The van der Waals surface area contributed by atoms with Crippen molar-refractivity contribution in [1.82, 2.24) is 9.78 Å². The Bertz CT molecular complexity index is 689. The normalized spacial score (nSPS) is 13.0. The van der Waals surface area contributed by atoms with Gasteiger partial charge in [-0.25, -0.2) is 4.68 Å². The average molecular weight is 430 g/mol. The molecular weight excluding hydrogens is 400 g/mol. The van der Waals surface area contributed by atoms with Gasteiger partial charge >= 0.3 is 0 Å². The van der Waals surface area contributed by atoms with Crippen molar-refractivity contribution in [3.05, 3.63) is 22.8 Å². The third-order valence-corrected chi connectivity index (χ3v) is 7.36. The summed E-state index contributed by atoms with van der Waals surface area (Å²) in [6.07, 6.45) is 2.08. The fourth-order valence-corrected chi connectivity index (χ4v) is 4.58. The van der Waals surface area contributed by atoms with Gasteiger partial charge in [0.2, 0.25) is 0 Å². The second-order valence-electron chi connectivity index (χ2n) is 8.71. The number of halogens is 1. The highest BCUT2D eigenvalue weighted by molar-refractivity contribution is 9.10. The van der Waals surface area contributed by atoms with Crippen LogP contribution in [0.15, 0.2) is 27.7 Å². The second-order valence-corrected chi connectivity index (χ2v) is 16.2. The number of aromatic nitrogens is 2. The number of thioether (sulfide) groups is 1. The van der Waals surface area contributed by atoms with E-state index in [9.17, 15) is 0 Å². The van der Waals surface area contributed by atoms with Crippen LogP contribution in [-0.4, -0.2) is 30.2 Å². The SMILES string of the molecule is CC(C)(C)CSc1cc(Br)c2nn(COCC[Si](C)(C)C)cc2c1. The Hall–Kier alpha value is -0.303. The maximum Gasteiger partial charge on any atom is 0.139 e. The van der Waals surface area contributed by atoms with E-state index in [1.54, 1.807) is 0 Å². The summed E-state index contributed by atoms with van der Waals surface area (Å²) in [7, 11) is -1.03. The molecule has 1 aromatic carbocycles. The van der Waals surface area contributed by atoms with Crippen molar-refractivity contribution in [2.75, 3.05) is 12.4 Å². The molecule has 0 fully saturated rings. The zero-order valence-electron chi connectivity index (χ0n) is 15.6. The van der Waals surface area contributed by atoms with Gasteiger partial charge in [0.15, 0.2) is 0 Å². The number of fused-ring (bicyclic) bond motifs is 1. The Balaban J connectivity index is 2.03. The van der Waals surface area contributed by atoms with Crippen molar-refractivity contribution in [3.8, 4) is 0 Å². The van der Waals surface area contributed by atoms with E-state index in [2.05, 4.69) is 79.8 Å². The Morgan fingerprint density at radius 2 is 1.96 bits per heavy atom. The lowest BCUT2D eigenvalue weighted by Crippen LogP contribution is -2.22. The van der Waals surface area contributed by atoms with Crippen LogP contribution >= 0.6 is 27.7 Å². The van der Waals surface area contributed by atoms with Crippen molar-refractivity contribution in [3.63, 3.8) is 0 Å². The Morgan fingerprint density at radius 1 is 1.25 bits per heavy atom. The minimum absolute atomic E-state index is 0.320. The topological polar surface area (TPSA) is 27.1 Å². The van der Waals surface area contributed by atoms with Crippen molar-refractivity contribution in [2.45, 2.75) is 58.1 Å². The average Bonchev–Trinajstić information content (AvgIpc) is 2.83. The molecule has 0 radical (unpaired) electrons. The summed E-state index contributed by atoms with van der Waals surface area (Å²) in [5.74, 6) is 1.10. The van der Waals surface area contributed by atoms with Gasteiger partial charge in [-0.3, -0.25) is 0 Å².